The van der Waals surface area contributed by atoms with Gasteiger partial charge in [0, 0.05) is 16.5 Å². The predicted molar refractivity (Wildman–Crippen MR) is 87.2 cm³/mol. The van der Waals surface area contributed by atoms with Crippen molar-refractivity contribution in [2.24, 2.45) is 0 Å². The molecule has 2 aromatic carbocycles. The highest BCUT2D eigenvalue weighted by Crippen LogP contribution is 2.15. The molecule has 0 spiro atoms. The average molecular weight is 296 g/mol. The number of rotatable bonds is 3. The van der Waals surface area contributed by atoms with Crippen LogP contribution in [-0.4, -0.2) is 14.2 Å². The zero-order valence-corrected chi connectivity index (χ0v) is 12.6. The van der Waals surface area contributed by atoms with Gasteiger partial charge < -0.3 is 0 Å². The van der Waals surface area contributed by atoms with Crippen molar-refractivity contribution in [1.82, 2.24) is 0 Å². The van der Waals surface area contributed by atoms with Crippen LogP contribution in [0.25, 0.3) is 5.57 Å². The lowest BCUT2D eigenvalue weighted by molar-refractivity contribution is 0.606. The molecular weight excluding hydrogens is 280 g/mol. The van der Waals surface area contributed by atoms with Crippen LogP contribution in [0.3, 0.4) is 0 Å². The Bertz CT molecular complexity index is 777. The summed E-state index contributed by atoms with van der Waals surface area (Å²) in [4.78, 5) is 0. The van der Waals surface area contributed by atoms with Gasteiger partial charge in [0.25, 0.3) is 0 Å². The summed E-state index contributed by atoms with van der Waals surface area (Å²) in [5.41, 5.74) is 2.17. The molecule has 0 aliphatic carbocycles. The van der Waals surface area contributed by atoms with Crippen molar-refractivity contribution in [3.05, 3.63) is 77.2 Å². The van der Waals surface area contributed by atoms with Crippen molar-refractivity contribution in [2.45, 2.75) is 6.92 Å². The van der Waals surface area contributed by atoms with E-state index in [2.05, 4.69) is 11.8 Å². The van der Waals surface area contributed by atoms with Gasteiger partial charge in [0.1, 0.15) is 0 Å². The first kappa shape index (κ1) is 15.1. The SMILES string of the molecule is CCS(=O)(=O)C=C(C#Cc1ccccc1)c1ccccc1. The summed E-state index contributed by atoms with van der Waals surface area (Å²) in [5, 5.41) is 1.26. The van der Waals surface area contributed by atoms with E-state index >= 15 is 0 Å². The molecule has 0 radical (unpaired) electrons. The highest BCUT2D eigenvalue weighted by Gasteiger charge is 2.06. The smallest absolute Gasteiger partial charge is 0.172 e. The third-order valence-corrected chi connectivity index (χ3v) is 4.30. The second-order valence-electron chi connectivity index (χ2n) is 4.47. The Balaban J connectivity index is 2.46. The van der Waals surface area contributed by atoms with Crippen LogP contribution < -0.4 is 0 Å². The fraction of sp³-hybridized carbons (Fsp3) is 0.111. The molecule has 3 heteroatoms. The molecule has 0 aliphatic heterocycles. The summed E-state index contributed by atoms with van der Waals surface area (Å²) >= 11 is 0. The van der Waals surface area contributed by atoms with Crippen LogP contribution in [0.1, 0.15) is 18.1 Å². The second-order valence-corrected chi connectivity index (χ2v) is 6.60. The standard InChI is InChI=1S/C18H16O2S/c1-2-21(19,20)15-18(17-11-7-4-8-12-17)14-13-16-9-5-3-6-10-16/h3-12,15H,2H2,1H3. The molecule has 0 heterocycles. The molecule has 0 aromatic heterocycles. The summed E-state index contributed by atoms with van der Waals surface area (Å²) < 4.78 is 23.7. The van der Waals surface area contributed by atoms with Crippen LogP contribution in [0, 0.1) is 11.8 Å². The van der Waals surface area contributed by atoms with Gasteiger partial charge in [-0.3, -0.25) is 0 Å². The van der Waals surface area contributed by atoms with E-state index in [0.717, 1.165) is 11.1 Å². The van der Waals surface area contributed by atoms with Gasteiger partial charge in [0.15, 0.2) is 9.84 Å². The van der Waals surface area contributed by atoms with E-state index in [1.807, 2.05) is 60.7 Å². The lowest BCUT2D eigenvalue weighted by Crippen LogP contribution is -1.99. The summed E-state index contributed by atoms with van der Waals surface area (Å²) in [5.74, 6) is 6.05. The van der Waals surface area contributed by atoms with E-state index in [-0.39, 0.29) is 5.75 Å². The lowest BCUT2D eigenvalue weighted by Gasteiger charge is -2.00. The number of hydrogen-bond acceptors (Lipinski definition) is 2. The van der Waals surface area contributed by atoms with Crippen LogP contribution >= 0.6 is 0 Å². The normalized spacial score (nSPS) is 11.6. The van der Waals surface area contributed by atoms with Gasteiger partial charge in [-0.05, 0) is 17.7 Å². The molecule has 0 bridgehead atoms. The van der Waals surface area contributed by atoms with Crippen molar-refractivity contribution in [1.29, 1.82) is 0 Å². The molecule has 0 unspecified atom stereocenters. The molecule has 2 aromatic rings. The second kappa shape index (κ2) is 6.92. The largest absolute Gasteiger partial charge is 0.224 e. The molecule has 2 nitrogen and oxygen atoms in total. The molecule has 106 valence electrons. The molecule has 0 N–H and O–H groups in total. The van der Waals surface area contributed by atoms with Crippen molar-refractivity contribution < 1.29 is 8.42 Å². The molecule has 2 rings (SSSR count). The summed E-state index contributed by atoms with van der Waals surface area (Å²) in [6.07, 6.45) is 0. The van der Waals surface area contributed by atoms with Gasteiger partial charge in [-0.2, -0.15) is 0 Å². The van der Waals surface area contributed by atoms with E-state index in [4.69, 9.17) is 0 Å². The highest BCUT2D eigenvalue weighted by atomic mass is 32.2. The first-order valence-electron chi connectivity index (χ1n) is 6.67. The van der Waals surface area contributed by atoms with E-state index < -0.39 is 9.84 Å². The molecule has 21 heavy (non-hydrogen) atoms. The zero-order chi connectivity index (χ0) is 15.1. The van der Waals surface area contributed by atoms with Crippen LogP contribution in [0.2, 0.25) is 0 Å². The third kappa shape index (κ3) is 4.62. The number of benzene rings is 2. The van der Waals surface area contributed by atoms with E-state index in [1.54, 1.807) is 6.92 Å². The maximum absolute atomic E-state index is 11.9. The van der Waals surface area contributed by atoms with Crippen molar-refractivity contribution in [2.75, 3.05) is 5.75 Å². The van der Waals surface area contributed by atoms with Gasteiger partial charge in [0.2, 0.25) is 0 Å². The van der Waals surface area contributed by atoms with Crippen LogP contribution in [0.4, 0.5) is 0 Å². The number of allylic oxidation sites excluding steroid dienone is 1. The Labute approximate surface area is 126 Å². The fourth-order valence-electron chi connectivity index (χ4n) is 1.71. The first-order chi connectivity index (χ1) is 10.1. The lowest BCUT2D eigenvalue weighted by atomic mass is 10.1. The van der Waals surface area contributed by atoms with E-state index in [0.29, 0.717) is 5.57 Å². The predicted octanol–water partition coefficient (Wildman–Crippen LogP) is 3.51. The Morgan fingerprint density at radius 2 is 1.57 bits per heavy atom. The van der Waals surface area contributed by atoms with Crippen LogP contribution in [0.15, 0.2) is 66.1 Å². The summed E-state index contributed by atoms with van der Waals surface area (Å²) in [6.45, 7) is 1.62. The Morgan fingerprint density at radius 3 is 2.14 bits per heavy atom. The minimum Gasteiger partial charge on any atom is -0.224 e. The highest BCUT2D eigenvalue weighted by molar-refractivity contribution is 7.94. The Hall–Kier alpha value is -2.31. The van der Waals surface area contributed by atoms with E-state index in [9.17, 15) is 8.42 Å². The van der Waals surface area contributed by atoms with Crippen molar-refractivity contribution in [3.8, 4) is 11.8 Å². The quantitative estimate of drug-likeness (QED) is 0.812. The average Bonchev–Trinajstić information content (AvgIpc) is 2.53. The Kier molecular flexibility index (Phi) is 4.97. The Morgan fingerprint density at radius 1 is 1.00 bits per heavy atom. The van der Waals surface area contributed by atoms with Gasteiger partial charge in [-0.15, -0.1) is 0 Å². The number of hydrogen-bond donors (Lipinski definition) is 0. The minimum atomic E-state index is -3.24. The maximum Gasteiger partial charge on any atom is 0.172 e. The van der Waals surface area contributed by atoms with Crippen LogP contribution in [-0.2, 0) is 9.84 Å². The zero-order valence-electron chi connectivity index (χ0n) is 11.8. The topological polar surface area (TPSA) is 34.1 Å². The molecule has 0 saturated carbocycles. The van der Waals surface area contributed by atoms with Gasteiger partial charge in [-0.25, -0.2) is 8.42 Å². The fourth-order valence-corrected chi connectivity index (χ4v) is 2.43. The van der Waals surface area contributed by atoms with Crippen LogP contribution in [0.5, 0.6) is 0 Å². The molecular formula is C18H16O2S. The molecule has 0 atom stereocenters. The molecule has 0 aliphatic rings. The van der Waals surface area contributed by atoms with Gasteiger partial charge >= 0.3 is 0 Å². The first-order valence-corrected chi connectivity index (χ1v) is 8.39. The molecule has 0 amide bonds. The summed E-state index contributed by atoms with van der Waals surface area (Å²) in [7, 11) is -3.24. The van der Waals surface area contributed by atoms with Crippen molar-refractivity contribution >= 4 is 15.4 Å². The maximum atomic E-state index is 11.9. The summed E-state index contributed by atoms with van der Waals surface area (Å²) in [6, 6.07) is 18.8. The van der Waals surface area contributed by atoms with Gasteiger partial charge in [-0.1, -0.05) is 67.3 Å². The molecule has 0 saturated heterocycles. The van der Waals surface area contributed by atoms with E-state index in [1.165, 1.54) is 5.41 Å². The number of sulfone groups is 1. The molecule has 0 fully saturated rings. The monoisotopic (exact) mass is 296 g/mol. The van der Waals surface area contributed by atoms with Crippen molar-refractivity contribution in [3.63, 3.8) is 0 Å². The minimum absolute atomic E-state index is 0.0658. The third-order valence-electron chi connectivity index (χ3n) is 2.90. The van der Waals surface area contributed by atoms with Gasteiger partial charge in [0.05, 0.1) is 5.75 Å².